The highest BCUT2D eigenvalue weighted by Crippen LogP contribution is 2.38. The number of hydrogen-bond donors (Lipinski definition) is 2. The summed E-state index contributed by atoms with van der Waals surface area (Å²) >= 11 is 0. The number of nitrogens with one attached hydrogen (secondary N) is 2. The Morgan fingerprint density at radius 3 is 2.65 bits per heavy atom. The molecule has 0 radical (unpaired) electrons. The van der Waals surface area contributed by atoms with E-state index >= 15 is 0 Å². The van der Waals surface area contributed by atoms with Gasteiger partial charge in [-0.05, 0) is 32.2 Å². The molecule has 2 aliphatic rings. The van der Waals surface area contributed by atoms with Gasteiger partial charge in [0.15, 0.2) is 0 Å². The molecule has 1 saturated heterocycles. The van der Waals surface area contributed by atoms with Gasteiger partial charge in [0.25, 0.3) is 0 Å². The van der Waals surface area contributed by atoms with Crippen LogP contribution in [0.4, 0.5) is 17.3 Å². The van der Waals surface area contributed by atoms with Crippen LogP contribution in [0.2, 0.25) is 0 Å². The summed E-state index contributed by atoms with van der Waals surface area (Å²) in [7, 11) is 2.03. The van der Waals surface area contributed by atoms with E-state index in [4.69, 9.17) is 0 Å². The predicted molar refractivity (Wildman–Crippen MR) is 130 cm³/mol. The van der Waals surface area contributed by atoms with Crippen LogP contribution in [0.15, 0.2) is 42.3 Å². The summed E-state index contributed by atoms with van der Waals surface area (Å²) in [5.74, 6) is 0.370. The molecule has 1 aromatic heterocycles. The van der Waals surface area contributed by atoms with Crippen LogP contribution in [0.3, 0.4) is 0 Å². The van der Waals surface area contributed by atoms with Gasteiger partial charge in [-0.25, -0.2) is 9.97 Å². The van der Waals surface area contributed by atoms with Crippen LogP contribution >= 0.6 is 0 Å². The molecule has 0 saturated carbocycles. The number of para-hydroxylation sites is 2. The fourth-order valence-corrected chi connectivity index (χ4v) is 4.07. The van der Waals surface area contributed by atoms with E-state index in [2.05, 4.69) is 31.6 Å². The zero-order chi connectivity index (χ0) is 24.1. The predicted octanol–water partition coefficient (Wildman–Crippen LogP) is 2.11. The van der Waals surface area contributed by atoms with Crippen LogP contribution in [0.1, 0.15) is 25.5 Å². The number of piperazine rings is 1. The average molecular weight is 461 g/mol. The topological polar surface area (TPSA) is 117 Å². The van der Waals surface area contributed by atoms with Crippen molar-refractivity contribution in [2.45, 2.75) is 19.8 Å². The van der Waals surface area contributed by atoms with Gasteiger partial charge in [-0.15, -0.1) is 0 Å². The van der Waals surface area contributed by atoms with Crippen molar-refractivity contribution in [2.75, 3.05) is 55.3 Å². The van der Waals surface area contributed by atoms with Crippen LogP contribution in [0.25, 0.3) is 5.57 Å². The van der Waals surface area contributed by atoms with Crippen LogP contribution in [0.5, 0.6) is 0 Å². The van der Waals surface area contributed by atoms with E-state index in [1.807, 2.05) is 43.1 Å². The smallest absolute Gasteiger partial charge is 0.229 e. The van der Waals surface area contributed by atoms with E-state index in [0.29, 0.717) is 36.7 Å². The summed E-state index contributed by atoms with van der Waals surface area (Å²) in [5, 5.41) is 15.9. The van der Waals surface area contributed by atoms with Crippen LogP contribution in [0, 0.1) is 11.3 Å². The molecule has 0 bridgehead atoms. The molecular formula is C24H28N8O2. The molecule has 0 spiro atoms. The van der Waals surface area contributed by atoms with Gasteiger partial charge in [-0.1, -0.05) is 12.1 Å². The maximum Gasteiger partial charge on any atom is 0.229 e. The van der Waals surface area contributed by atoms with E-state index in [-0.39, 0.29) is 30.6 Å². The van der Waals surface area contributed by atoms with Crippen LogP contribution in [-0.4, -0.2) is 71.4 Å². The van der Waals surface area contributed by atoms with Crippen LogP contribution in [-0.2, 0) is 9.59 Å². The van der Waals surface area contributed by atoms with Gasteiger partial charge in [0.2, 0.25) is 17.8 Å². The van der Waals surface area contributed by atoms with Gasteiger partial charge in [-0.3, -0.25) is 14.9 Å². The minimum Gasteiger partial charge on any atom is -0.340 e. The lowest BCUT2D eigenvalue weighted by atomic mass is 10.2. The molecule has 4 rings (SSSR count). The van der Waals surface area contributed by atoms with Crippen molar-refractivity contribution in [3.8, 4) is 6.07 Å². The average Bonchev–Trinajstić information content (AvgIpc) is 3.22. The lowest BCUT2D eigenvalue weighted by molar-refractivity contribution is -0.134. The molecule has 2 amide bonds. The van der Waals surface area contributed by atoms with Crippen molar-refractivity contribution in [2.24, 2.45) is 0 Å². The number of hydrogen-bond acceptors (Lipinski definition) is 8. The molecule has 1 aromatic carbocycles. The molecule has 2 N–H and O–H groups in total. The van der Waals surface area contributed by atoms with Crippen molar-refractivity contribution in [1.82, 2.24) is 19.8 Å². The second-order valence-corrected chi connectivity index (χ2v) is 8.22. The van der Waals surface area contributed by atoms with E-state index in [0.717, 1.165) is 24.5 Å². The number of allylic oxidation sites excluding steroid dienone is 1. The number of carbonyl (C=O) groups excluding carboxylic acids is 2. The summed E-state index contributed by atoms with van der Waals surface area (Å²) < 4.78 is 0. The summed E-state index contributed by atoms with van der Waals surface area (Å²) in [6.07, 6.45) is 1.69. The third kappa shape index (κ3) is 5.00. The van der Waals surface area contributed by atoms with E-state index < -0.39 is 0 Å². The van der Waals surface area contributed by atoms with Gasteiger partial charge < -0.3 is 20.0 Å². The largest absolute Gasteiger partial charge is 0.340 e. The molecule has 176 valence electrons. The zero-order valence-corrected chi connectivity index (χ0v) is 19.4. The molecule has 1 fully saturated rings. The molecule has 0 aliphatic carbocycles. The maximum absolute atomic E-state index is 12.4. The lowest BCUT2D eigenvalue weighted by Crippen LogP contribution is -2.47. The molecule has 0 unspecified atom stereocenters. The first-order chi connectivity index (χ1) is 16.5. The first-order valence-electron chi connectivity index (χ1n) is 11.4. The fourth-order valence-electron chi connectivity index (χ4n) is 4.07. The standard InChI is InChI=1S/C24H28N8O2/c1-3-32-20-7-5-4-6-19(20)27-23(32)17(16-25)18-10-11-26-24(28-18)29-21(33)8-9-22(34)31-14-12-30(2)13-15-31/h4-7,10-11,27H,3,8-9,12-15H2,1-2H3,(H,26,28,29,33). The number of fused-ring (bicyclic) bond motifs is 1. The molecule has 2 aromatic rings. The minimum absolute atomic E-state index is 0.0269. The number of aromatic nitrogens is 2. The third-order valence-corrected chi connectivity index (χ3v) is 5.97. The van der Waals surface area contributed by atoms with E-state index in [9.17, 15) is 14.9 Å². The molecule has 2 aliphatic heterocycles. The van der Waals surface area contributed by atoms with Crippen molar-refractivity contribution < 1.29 is 9.59 Å². The number of nitrogens with zero attached hydrogens (tertiary/aromatic N) is 6. The summed E-state index contributed by atoms with van der Waals surface area (Å²) in [4.78, 5) is 39.3. The minimum atomic E-state index is -0.340. The molecule has 34 heavy (non-hydrogen) atoms. The highest BCUT2D eigenvalue weighted by atomic mass is 16.2. The Balaban J connectivity index is 1.43. The molecule has 10 heteroatoms. The van der Waals surface area contributed by atoms with Crippen molar-refractivity contribution in [3.63, 3.8) is 0 Å². The van der Waals surface area contributed by atoms with Gasteiger partial charge in [0.05, 0.1) is 17.1 Å². The van der Waals surface area contributed by atoms with E-state index in [1.54, 1.807) is 11.0 Å². The molecule has 10 nitrogen and oxygen atoms in total. The highest BCUT2D eigenvalue weighted by molar-refractivity contribution is 5.93. The normalized spacial score (nSPS) is 17.0. The van der Waals surface area contributed by atoms with Gasteiger partial charge in [0.1, 0.15) is 17.5 Å². The quantitative estimate of drug-likeness (QED) is 0.630. The number of likely N-dealkylation sites (N-methyl/N-ethyl adjacent to an activating group) is 1. The Labute approximate surface area is 198 Å². The Morgan fingerprint density at radius 1 is 1.15 bits per heavy atom. The zero-order valence-electron chi connectivity index (χ0n) is 19.4. The van der Waals surface area contributed by atoms with Gasteiger partial charge >= 0.3 is 0 Å². The summed E-state index contributed by atoms with van der Waals surface area (Å²) in [6.45, 7) is 5.71. The molecular weight excluding hydrogens is 432 g/mol. The first kappa shape index (κ1) is 23.2. The van der Waals surface area contributed by atoms with Crippen molar-refractivity contribution in [3.05, 3.63) is 48.0 Å². The highest BCUT2D eigenvalue weighted by Gasteiger charge is 2.26. The number of nitriles is 1. The summed E-state index contributed by atoms with van der Waals surface area (Å²) in [6, 6.07) is 11.7. The second-order valence-electron chi connectivity index (χ2n) is 8.22. The Kier molecular flexibility index (Phi) is 7.04. The Morgan fingerprint density at radius 2 is 1.91 bits per heavy atom. The van der Waals surface area contributed by atoms with Crippen molar-refractivity contribution >= 4 is 34.7 Å². The number of rotatable bonds is 6. The Hall–Kier alpha value is -3.97. The van der Waals surface area contributed by atoms with Gasteiger partial charge in [0, 0.05) is 51.8 Å². The monoisotopic (exact) mass is 460 g/mol. The fraction of sp³-hybridized carbons (Fsp3) is 0.375. The van der Waals surface area contributed by atoms with Gasteiger partial charge in [-0.2, -0.15) is 5.26 Å². The third-order valence-electron chi connectivity index (χ3n) is 5.97. The van der Waals surface area contributed by atoms with Crippen molar-refractivity contribution in [1.29, 1.82) is 5.26 Å². The van der Waals surface area contributed by atoms with E-state index in [1.165, 1.54) is 6.20 Å². The maximum atomic E-state index is 12.4. The Bertz CT molecular complexity index is 1150. The summed E-state index contributed by atoms with van der Waals surface area (Å²) in [5.41, 5.74) is 2.65. The first-order valence-corrected chi connectivity index (χ1v) is 11.4. The lowest BCUT2D eigenvalue weighted by Gasteiger charge is -2.32. The number of carbonyl (C=O) groups is 2. The number of benzene rings is 1. The number of anilines is 3. The SMILES string of the molecule is CCN1C(=C(C#N)c2ccnc(NC(=O)CCC(=O)N3CCN(C)CC3)n2)Nc2ccccc21. The van der Waals surface area contributed by atoms with Crippen LogP contribution < -0.4 is 15.5 Å². The molecule has 0 atom stereocenters. The second kappa shape index (κ2) is 10.3. The molecule has 3 heterocycles. The number of amides is 2.